The third-order valence-electron chi connectivity index (χ3n) is 2.56. The maximum Gasteiger partial charge on any atom is 0.139 e. The van der Waals surface area contributed by atoms with Gasteiger partial charge in [0.05, 0.1) is 10.6 Å². The Bertz CT molecular complexity index is 502. The molecule has 2 nitrogen and oxygen atoms in total. The highest BCUT2D eigenvalue weighted by Crippen LogP contribution is 2.51. The number of nitrogens with zero attached hydrogens (tertiary/aromatic N) is 2. The van der Waals surface area contributed by atoms with E-state index in [9.17, 15) is 4.39 Å². The lowest BCUT2D eigenvalue weighted by atomic mass is 10.3. The zero-order chi connectivity index (χ0) is 9.76. The smallest absolute Gasteiger partial charge is 0.139 e. The number of alkyl halides is 1. The van der Waals surface area contributed by atoms with Crippen LogP contribution in [0.4, 0.5) is 4.39 Å². The van der Waals surface area contributed by atoms with E-state index in [0.717, 1.165) is 24.2 Å². The van der Waals surface area contributed by atoms with Crippen molar-refractivity contribution < 1.29 is 4.39 Å². The van der Waals surface area contributed by atoms with Gasteiger partial charge in [-0.05, 0) is 25.0 Å². The fraction of sp³-hybridized carbons (Fsp3) is 0.300. The minimum atomic E-state index is -0.275. The molecule has 1 aliphatic carbocycles. The fourth-order valence-corrected chi connectivity index (χ4v) is 1.73. The van der Waals surface area contributed by atoms with Crippen molar-refractivity contribution in [3.63, 3.8) is 0 Å². The molecule has 3 rings (SSSR count). The molecule has 1 saturated carbocycles. The summed E-state index contributed by atoms with van der Waals surface area (Å²) in [7, 11) is 0. The molecule has 72 valence electrons. The average molecular weight is 211 g/mol. The third-order valence-corrected chi connectivity index (χ3v) is 3.13. The Hall–Kier alpha value is -1.09. The number of halogens is 2. The molecule has 2 heterocycles. The molecule has 0 amide bonds. The molecule has 0 aliphatic heterocycles. The standard InChI is InChI=1S/C10H8ClFN2/c11-10(3-4-10)8-6-14-5-7(12)1-2-9(14)13-8/h1-2,5-6H,3-4H2. The van der Waals surface area contributed by atoms with Gasteiger partial charge < -0.3 is 4.40 Å². The summed E-state index contributed by atoms with van der Waals surface area (Å²) in [5, 5.41) is 0. The van der Waals surface area contributed by atoms with Crippen molar-refractivity contribution in [3.05, 3.63) is 36.0 Å². The van der Waals surface area contributed by atoms with Crippen molar-refractivity contribution in [2.45, 2.75) is 17.7 Å². The van der Waals surface area contributed by atoms with Crippen LogP contribution in [0.2, 0.25) is 0 Å². The van der Waals surface area contributed by atoms with Crippen LogP contribution in [0.5, 0.6) is 0 Å². The minimum Gasteiger partial charge on any atom is -0.304 e. The topological polar surface area (TPSA) is 17.3 Å². The molecule has 14 heavy (non-hydrogen) atoms. The van der Waals surface area contributed by atoms with Gasteiger partial charge in [-0.1, -0.05) is 0 Å². The fourth-order valence-electron chi connectivity index (χ4n) is 1.55. The highest BCUT2D eigenvalue weighted by atomic mass is 35.5. The molecule has 2 aromatic rings. The van der Waals surface area contributed by atoms with E-state index in [1.165, 1.54) is 12.3 Å². The molecule has 4 heteroatoms. The summed E-state index contributed by atoms with van der Waals surface area (Å²) in [5.74, 6) is -0.263. The van der Waals surface area contributed by atoms with E-state index < -0.39 is 0 Å². The predicted molar refractivity (Wildman–Crippen MR) is 51.9 cm³/mol. The summed E-state index contributed by atoms with van der Waals surface area (Å²) in [6, 6.07) is 3.06. The number of imidazole rings is 1. The van der Waals surface area contributed by atoms with Crippen LogP contribution in [0.1, 0.15) is 18.5 Å². The molecule has 2 aromatic heterocycles. The predicted octanol–water partition coefficient (Wildman–Crippen LogP) is 2.70. The van der Waals surface area contributed by atoms with E-state index in [4.69, 9.17) is 11.6 Å². The minimum absolute atomic E-state index is 0.263. The maximum absolute atomic E-state index is 12.9. The largest absolute Gasteiger partial charge is 0.304 e. The second-order valence-electron chi connectivity index (χ2n) is 3.70. The molecule has 0 unspecified atom stereocenters. The monoisotopic (exact) mass is 210 g/mol. The number of pyridine rings is 1. The molecule has 0 radical (unpaired) electrons. The quantitative estimate of drug-likeness (QED) is 0.662. The molecule has 0 N–H and O–H groups in total. The van der Waals surface area contributed by atoms with E-state index in [1.807, 2.05) is 0 Å². The van der Waals surface area contributed by atoms with Gasteiger partial charge in [0.25, 0.3) is 0 Å². The zero-order valence-electron chi connectivity index (χ0n) is 7.37. The van der Waals surface area contributed by atoms with Crippen LogP contribution < -0.4 is 0 Å². The van der Waals surface area contributed by atoms with Crippen molar-refractivity contribution in [3.8, 4) is 0 Å². The van der Waals surface area contributed by atoms with Crippen LogP contribution in [-0.2, 0) is 4.87 Å². The van der Waals surface area contributed by atoms with Crippen LogP contribution in [0, 0.1) is 5.82 Å². The molecule has 0 aromatic carbocycles. The van der Waals surface area contributed by atoms with E-state index in [1.54, 1.807) is 16.7 Å². The van der Waals surface area contributed by atoms with Gasteiger partial charge in [-0.15, -0.1) is 11.6 Å². The van der Waals surface area contributed by atoms with Crippen LogP contribution in [0.3, 0.4) is 0 Å². The van der Waals surface area contributed by atoms with Crippen molar-refractivity contribution in [2.75, 3.05) is 0 Å². The third kappa shape index (κ3) is 1.12. The molecule has 0 saturated heterocycles. The molecule has 0 atom stereocenters. The molecule has 1 aliphatic rings. The zero-order valence-corrected chi connectivity index (χ0v) is 8.13. The van der Waals surface area contributed by atoms with Gasteiger partial charge in [-0.3, -0.25) is 0 Å². The van der Waals surface area contributed by atoms with Gasteiger partial charge in [0.15, 0.2) is 0 Å². The van der Waals surface area contributed by atoms with Gasteiger partial charge in [0.1, 0.15) is 11.5 Å². The Balaban J connectivity index is 2.20. The number of aromatic nitrogens is 2. The van der Waals surface area contributed by atoms with Crippen molar-refractivity contribution in [1.82, 2.24) is 9.38 Å². The Labute approximate surface area is 85.3 Å². The van der Waals surface area contributed by atoms with Gasteiger partial charge >= 0.3 is 0 Å². The summed E-state index contributed by atoms with van der Waals surface area (Å²) >= 11 is 6.21. The average Bonchev–Trinajstić information content (AvgIpc) is 2.77. The molecule has 1 fully saturated rings. The van der Waals surface area contributed by atoms with Gasteiger partial charge in [-0.2, -0.15) is 0 Å². The first-order valence-electron chi connectivity index (χ1n) is 4.51. The van der Waals surface area contributed by atoms with E-state index in [0.29, 0.717) is 0 Å². The second kappa shape index (κ2) is 2.48. The Morgan fingerprint density at radius 2 is 2.14 bits per heavy atom. The van der Waals surface area contributed by atoms with E-state index in [2.05, 4.69) is 4.98 Å². The Morgan fingerprint density at radius 1 is 1.36 bits per heavy atom. The number of hydrogen-bond acceptors (Lipinski definition) is 1. The highest BCUT2D eigenvalue weighted by molar-refractivity contribution is 6.25. The van der Waals surface area contributed by atoms with E-state index >= 15 is 0 Å². The Kier molecular flexibility index (Phi) is 1.46. The van der Waals surface area contributed by atoms with Crippen molar-refractivity contribution in [1.29, 1.82) is 0 Å². The summed E-state index contributed by atoms with van der Waals surface area (Å²) in [4.78, 5) is 4.08. The van der Waals surface area contributed by atoms with E-state index in [-0.39, 0.29) is 10.7 Å². The maximum atomic E-state index is 12.9. The van der Waals surface area contributed by atoms with Crippen LogP contribution >= 0.6 is 11.6 Å². The van der Waals surface area contributed by atoms with Gasteiger partial charge in [-0.25, -0.2) is 9.37 Å². The highest BCUT2D eigenvalue weighted by Gasteiger charge is 2.44. The van der Waals surface area contributed by atoms with Gasteiger partial charge in [0, 0.05) is 12.4 Å². The van der Waals surface area contributed by atoms with Crippen LogP contribution in [0.25, 0.3) is 5.65 Å². The summed E-state index contributed by atoms with van der Waals surface area (Å²) in [5.41, 5.74) is 1.60. The van der Waals surface area contributed by atoms with Gasteiger partial charge in [0.2, 0.25) is 0 Å². The molecule has 0 bridgehead atoms. The normalized spacial score (nSPS) is 18.7. The summed E-state index contributed by atoms with van der Waals surface area (Å²) in [6.07, 6.45) is 5.13. The summed E-state index contributed by atoms with van der Waals surface area (Å²) < 4.78 is 14.6. The summed E-state index contributed by atoms with van der Waals surface area (Å²) in [6.45, 7) is 0. The molecule has 0 spiro atoms. The first-order valence-corrected chi connectivity index (χ1v) is 4.89. The van der Waals surface area contributed by atoms with Crippen LogP contribution in [-0.4, -0.2) is 9.38 Å². The number of rotatable bonds is 1. The molecular weight excluding hydrogens is 203 g/mol. The lowest BCUT2D eigenvalue weighted by Gasteiger charge is -1.97. The number of fused-ring (bicyclic) bond motifs is 1. The molecular formula is C10H8ClFN2. The Morgan fingerprint density at radius 3 is 2.86 bits per heavy atom. The van der Waals surface area contributed by atoms with Crippen molar-refractivity contribution >= 4 is 17.2 Å². The first-order chi connectivity index (χ1) is 6.67. The van der Waals surface area contributed by atoms with Crippen LogP contribution in [0.15, 0.2) is 24.5 Å². The second-order valence-corrected chi connectivity index (χ2v) is 4.43. The lowest BCUT2D eigenvalue weighted by Crippen LogP contribution is -1.94. The number of hydrogen-bond donors (Lipinski definition) is 0. The lowest BCUT2D eigenvalue weighted by molar-refractivity contribution is 0.619. The SMILES string of the molecule is Fc1ccc2nc(C3(Cl)CC3)cn2c1. The first kappa shape index (κ1) is 8.24. The van der Waals surface area contributed by atoms with Crippen molar-refractivity contribution in [2.24, 2.45) is 0 Å².